The highest BCUT2D eigenvalue weighted by atomic mass is 32.1. The molecule has 1 N–H and O–H groups in total. The van der Waals surface area contributed by atoms with E-state index in [2.05, 4.69) is 20.1 Å². The molecule has 0 unspecified atom stereocenters. The van der Waals surface area contributed by atoms with Crippen LogP contribution in [0, 0.1) is 0 Å². The zero-order chi connectivity index (χ0) is 22.8. The largest absolute Gasteiger partial charge is 0.340 e. The molecule has 0 bridgehead atoms. The second-order valence-electron chi connectivity index (χ2n) is 7.84. The number of aryl methyl sites for hydroxylation is 1. The van der Waals surface area contributed by atoms with Crippen molar-refractivity contribution in [1.29, 1.82) is 0 Å². The van der Waals surface area contributed by atoms with Crippen LogP contribution < -0.4 is 11.1 Å². The SMILES string of the molecule is O=C(CCn1[nH]c(=O)c2ccccc2c1=O)N1CCN(Cc2nc(-c3cccs3)no2)CC1. The summed E-state index contributed by atoms with van der Waals surface area (Å²) >= 11 is 1.56. The number of carbonyl (C=O) groups is 1. The maximum Gasteiger partial charge on any atom is 0.273 e. The smallest absolute Gasteiger partial charge is 0.273 e. The summed E-state index contributed by atoms with van der Waals surface area (Å²) in [4.78, 5) is 46.9. The summed E-state index contributed by atoms with van der Waals surface area (Å²) in [6, 6.07) is 10.6. The summed E-state index contributed by atoms with van der Waals surface area (Å²) < 4.78 is 6.59. The summed E-state index contributed by atoms with van der Waals surface area (Å²) in [5, 5.41) is 9.28. The number of carbonyl (C=O) groups excluding carboxylic acids is 1. The molecule has 11 heteroatoms. The van der Waals surface area contributed by atoms with E-state index >= 15 is 0 Å². The van der Waals surface area contributed by atoms with Gasteiger partial charge in [0.05, 0.1) is 28.7 Å². The average Bonchev–Trinajstić information content (AvgIpc) is 3.53. The van der Waals surface area contributed by atoms with E-state index in [9.17, 15) is 14.4 Å². The van der Waals surface area contributed by atoms with E-state index in [4.69, 9.17) is 4.52 Å². The Morgan fingerprint density at radius 1 is 1.06 bits per heavy atom. The fourth-order valence-electron chi connectivity index (χ4n) is 3.94. The number of benzene rings is 1. The molecule has 1 saturated heterocycles. The number of H-pyrrole nitrogens is 1. The van der Waals surface area contributed by atoms with Crippen molar-refractivity contribution in [1.82, 2.24) is 29.7 Å². The van der Waals surface area contributed by atoms with Crippen molar-refractivity contribution in [2.75, 3.05) is 26.2 Å². The van der Waals surface area contributed by atoms with Crippen LogP contribution >= 0.6 is 11.3 Å². The summed E-state index contributed by atoms with van der Waals surface area (Å²) in [5.74, 6) is 1.10. The van der Waals surface area contributed by atoms with Gasteiger partial charge in [0.2, 0.25) is 17.6 Å². The van der Waals surface area contributed by atoms with Crippen LogP contribution in [0.25, 0.3) is 21.5 Å². The van der Waals surface area contributed by atoms with Crippen LogP contribution in [0.15, 0.2) is 55.9 Å². The maximum atomic E-state index is 12.7. The number of piperazine rings is 1. The second kappa shape index (κ2) is 9.12. The summed E-state index contributed by atoms with van der Waals surface area (Å²) in [7, 11) is 0. The number of nitrogens with zero attached hydrogens (tertiary/aromatic N) is 5. The lowest BCUT2D eigenvalue weighted by Crippen LogP contribution is -2.48. The Morgan fingerprint density at radius 2 is 1.85 bits per heavy atom. The van der Waals surface area contributed by atoms with E-state index in [0.29, 0.717) is 55.2 Å². The third-order valence-electron chi connectivity index (χ3n) is 5.73. The molecule has 10 nitrogen and oxygen atoms in total. The monoisotopic (exact) mass is 466 g/mol. The Labute approximate surface area is 192 Å². The number of amides is 1. The zero-order valence-corrected chi connectivity index (χ0v) is 18.6. The summed E-state index contributed by atoms with van der Waals surface area (Å²) in [6.45, 7) is 3.20. The van der Waals surface area contributed by atoms with Crippen molar-refractivity contribution in [3.8, 4) is 10.7 Å². The quantitative estimate of drug-likeness (QED) is 0.458. The molecule has 0 aliphatic carbocycles. The van der Waals surface area contributed by atoms with E-state index in [-0.39, 0.29) is 30.0 Å². The van der Waals surface area contributed by atoms with E-state index in [1.54, 1.807) is 40.5 Å². The lowest BCUT2D eigenvalue weighted by molar-refractivity contribution is -0.133. The fraction of sp³-hybridized carbons (Fsp3) is 0.318. The van der Waals surface area contributed by atoms with Crippen LogP contribution in [0.1, 0.15) is 12.3 Å². The van der Waals surface area contributed by atoms with Crippen LogP contribution in [-0.2, 0) is 17.9 Å². The standard InChI is InChI=1S/C22H22N6O4S/c29-19(7-8-28-22(31)16-5-2-1-4-15(16)21(30)24-28)27-11-9-26(10-12-27)14-18-23-20(25-32-18)17-6-3-13-33-17/h1-6,13H,7-12,14H2,(H,24,30). The average molecular weight is 467 g/mol. The number of thiophene rings is 1. The number of aromatic amines is 1. The molecule has 1 aliphatic heterocycles. The van der Waals surface area contributed by atoms with Crippen LogP contribution in [0.3, 0.4) is 0 Å². The van der Waals surface area contributed by atoms with Crippen molar-refractivity contribution >= 4 is 28.0 Å². The van der Waals surface area contributed by atoms with Gasteiger partial charge in [-0.05, 0) is 23.6 Å². The van der Waals surface area contributed by atoms with Crippen LogP contribution in [0.5, 0.6) is 0 Å². The van der Waals surface area contributed by atoms with E-state index in [1.807, 2.05) is 17.5 Å². The van der Waals surface area contributed by atoms with Gasteiger partial charge in [-0.3, -0.25) is 24.4 Å². The highest BCUT2D eigenvalue weighted by molar-refractivity contribution is 7.13. The van der Waals surface area contributed by atoms with Crippen LogP contribution in [0.2, 0.25) is 0 Å². The third-order valence-corrected chi connectivity index (χ3v) is 6.59. The molecule has 1 aliphatic rings. The first kappa shape index (κ1) is 21.3. The number of aromatic nitrogens is 4. The normalized spacial score (nSPS) is 14.7. The van der Waals surface area contributed by atoms with Gasteiger partial charge in [-0.15, -0.1) is 11.3 Å². The van der Waals surface area contributed by atoms with Gasteiger partial charge in [0, 0.05) is 32.6 Å². The molecular formula is C22H22N6O4S. The minimum Gasteiger partial charge on any atom is -0.340 e. The Balaban J connectivity index is 1.15. The van der Waals surface area contributed by atoms with Crippen LogP contribution in [-0.4, -0.2) is 61.8 Å². The van der Waals surface area contributed by atoms with Gasteiger partial charge in [0.15, 0.2) is 0 Å². The molecule has 1 aromatic carbocycles. The first-order valence-corrected chi connectivity index (χ1v) is 11.5. The predicted octanol–water partition coefficient (Wildman–Crippen LogP) is 1.54. The van der Waals surface area contributed by atoms with Crippen molar-refractivity contribution in [3.63, 3.8) is 0 Å². The Hall–Kier alpha value is -3.57. The highest BCUT2D eigenvalue weighted by Crippen LogP contribution is 2.21. The molecule has 1 fully saturated rings. The first-order chi connectivity index (χ1) is 16.1. The molecule has 33 heavy (non-hydrogen) atoms. The van der Waals surface area contributed by atoms with Gasteiger partial charge in [-0.2, -0.15) is 4.98 Å². The molecule has 3 aromatic heterocycles. The van der Waals surface area contributed by atoms with Crippen LogP contribution in [0.4, 0.5) is 0 Å². The molecule has 5 rings (SSSR count). The lowest BCUT2D eigenvalue weighted by atomic mass is 10.2. The number of hydrogen-bond acceptors (Lipinski definition) is 8. The van der Waals surface area contributed by atoms with Gasteiger partial charge >= 0.3 is 0 Å². The first-order valence-electron chi connectivity index (χ1n) is 10.7. The second-order valence-corrected chi connectivity index (χ2v) is 8.79. The van der Waals surface area contributed by atoms with Crippen molar-refractivity contribution in [2.45, 2.75) is 19.5 Å². The zero-order valence-electron chi connectivity index (χ0n) is 17.8. The molecule has 0 atom stereocenters. The minimum absolute atomic E-state index is 0.0478. The third kappa shape index (κ3) is 4.50. The predicted molar refractivity (Wildman–Crippen MR) is 123 cm³/mol. The van der Waals surface area contributed by atoms with Crippen molar-refractivity contribution in [3.05, 3.63) is 68.4 Å². The number of fused-ring (bicyclic) bond motifs is 1. The molecule has 1 amide bonds. The van der Waals surface area contributed by atoms with Gasteiger partial charge in [0.25, 0.3) is 11.1 Å². The number of rotatable bonds is 6. The molecular weight excluding hydrogens is 444 g/mol. The minimum atomic E-state index is -0.338. The molecule has 4 aromatic rings. The maximum absolute atomic E-state index is 12.7. The van der Waals surface area contributed by atoms with E-state index in [0.717, 1.165) is 4.88 Å². The fourth-order valence-corrected chi connectivity index (χ4v) is 4.59. The lowest BCUT2D eigenvalue weighted by Gasteiger charge is -2.34. The highest BCUT2D eigenvalue weighted by Gasteiger charge is 2.23. The number of nitrogens with one attached hydrogen (secondary N) is 1. The molecule has 0 radical (unpaired) electrons. The van der Waals surface area contributed by atoms with E-state index in [1.165, 1.54) is 4.68 Å². The van der Waals surface area contributed by atoms with Gasteiger partial charge in [-0.25, -0.2) is 4.68 Å². The van der Waals surface area contributed by atoms with Crippen molar-refractivity contribution < 1.29 is 9.32 Å². The topological polar surface area (TPSA) is 117 Å². The van der Waals surface area contributed by atoms with Gasteiger partial charge in [0.1, 0.15) is 0 Å². The Bertz CT molecular complexity index is 1380. The molecule has 4 heterocycles. The van der Waals surface area contributed by atoms with Gasteiger partial charge in [-0.1, -0.05) is 23.4 Å². The van der Waals surface area contributed by atoms with Crippen molar-refractivity contribution in [2.24, 2.45) is 0 Å². The number of hydrogen-bond donors (Lipinski definition) is 1. The summed E-state index contributed by atoms with van der Waals surface area (Å²) in [5.41, 5.74) is -0.640. The van der Waals surface area contributed by atoms with Gasteiger partial charge < -0.3 is 9.42 Å². The molecule has 0 saturated carbocycles. The molecule has 0 spiro atoms. The van der Waals surface area contributed by atoms with E-state index < -0.39 is 0 Å². The summed E-state index contributed by atoms with van der Waals surface area (Å²) in [6.07, 6.45) is 0.141. The Kier molecular flexibility index (Phi) is 5.88. The molecule has 170 valence electrons. The Morgan fingerprint density at radius 3 is 2.61 bits per heavy atom.